The van der Waals surface area contributed by atoms with Gasteiger partial charge in [-0.15, -0.1) is 0 Å². The maximum absolute atomic E-state index is 11.7. The minimum Gasteiger partial charge on any atom is -0.495 e. The molecule has 21 heavy (non-hydrogen) atoms. The summed E-state index contributed by atoms with van der Waals surface area (Å²) in [5.41, 5.74) is -0.612. The largest absolute Gasteiger partial charge is 0.495 e. The van der Waals surface area contributed by atoms with Crippen molar-refractivity contribution in [2.45, 2.75) is 26.4 Å². The predicted molar refractivity (Wildman–Crippen MR) is 74.8 cm³/mol. The van der Waals surface area contributed by atoms with E-state index in [4.69, 9.17) is 14.6 Å². The number of hydrogen-bond donors (Lipinski definition) is 2. The normalized spacial score (nSPS) is 10.7. The summed E-state index contributed by atoms with van der Waals surface area (Å²) in [4.78, 5) is 33.8. The standard InChI is InChI=1S/C14H17NO6/c1-14(2,3)21-13(19)15-9-7-8(11(16)12(17)18)5-6-10(9)20-4/h5-7H,1-4H3,(H,15,19)(H,17,18). The number of methoxy groups -OCH3 is 1. The van der Waals surface area contributed by atoms with Crippen molar-refractivity contribution in [3.63, 3.8) is 0 Å². The number of hydrogen-bond acceptors (Lipinski definition) is 5. The Bertz CT molecular complexity index is 573. The highest BCUT2D eigenvalue weighted by molar-refractivity contribution is 6.40. The zero-order chi connectivity index (χ0) is 16.2. The Morgan fingerprint density at radius 2 is 1.81 bits per heavy atom. The number of ketones is 1. The van der Waals surface area contributed by atoms with Crippen molar-refractivity contribution in [3.05, 3.63) is 23.8 Å². The zero-order valence-corrected chi connectivity index (χ0v) is 12.2. The summed E-state index contributed by atoms with van der Waals surface area (Å²) < 4.78 is 10.1. The highest BCUT2D eigenvalue weighted by atomic mass is 16.6. The van der Waals surface area contributed by atoms with E-state index in [1.165, 1.54) is 25.3 Å². The molecule has 0 aliphatic heterocycles. The molecule has 2 N–H and O–H groups in total. The molecule has 0 aromatic heterocycles. The van der Waals surface area contributed by atoms with E-state index in [1.807, 2.05) is 0 Å². The fourth-order valence-corrected chi connectivity index (χ4v) is 1.48. The van der Waals surface area contributed by atoms with E-state index in [-0.39, 0.29) is 17.0 Å². The van der Waals surface area contributed by atoms with Gasteiger partial charge in [-0.05, 0) is 39.0 Å². The number of carbonyl (C=O) groups excluding carboxylic acids is 2. The van der Waals surface area contributed by atoms with Crippen LogP contribution in [0.4, 0.5) is 10.5 Å². The molecule has 1 rings (SSSR count). The van der Waals surface area contributed by atoms with Crippen molar-refractivity contribution in [1.29, 1.82) is 0 Å². The average Bonchev–Trinajstić information content (AvgIpc) is 2.35. The van der Waals surface area contributed by atoms with E-state index in [1.54, 1.807) is 20.8 Å². The lowest BCUT2D eigenvalue weighted by atomic mass is 10.1. The van der Waals surface area contributed by atoms with Crippen LogP contribution in [0, 0.1) is 0 Å². The van der Waals surface area contributed by atoms with Gasteiger partial charge in [0.1, 0.15) is 11.4 Å². The van der Waals surface area contributed by atoms with Crippen LogP contribution in [-0.2, 0) is 9.53 Å². The molecule has 0 fully saturated rings. The van der Waals surface area contributed by atoms with Gasteiger partial charge < -0.3 is 14.6 Å². The van der Waals surface area contributed by atoms with E-state index >= 15 is 0 Å². The second-order valence-corrected chi connectivity index (χ2v) is 5.18. The van der Waals surface area contributed by atoms with Crippen LogP contribution in [0.3, 0.4) is 0 Å². The molecule has 1 aromatic rings. The number of rotatable bonds is 4. The van der Waals surface area contributed by atoms with Crippen LogP contribution in [0.5, 0.6) is 5.75 Å². The zero-order valence-electron chi connectivity index (χ0n) is 12.2. The Hall–Kier alpha value is -2.57. The van der Waals surface area contributed by atoms with Crippen molar-refractivity contribution in [1.82, 2.24) is 0 Å². The first-order valence-corrected chi connectivity index (χ1v) is 6.09. The molecule has 0 atom stereocenters. The monoisotopic (exact) mass is 295 g/mol. The maximum atomic E-state index is 11.7. The summed E-state index contributed by atoms with van der Waals surface area (Å²) in [5, 5.41) is 11.1. The van der Waals surface area contributed by atoms with Crippen molar-refractivity contribution < 1.29 is 29.0 Å². The summed E-state index contributed by atoms with van der Waals surface area (Å²) in [6.07, 6.45) is -0.735. The second kappa shape index (κ2) is 6.25. The van der Waals surface area contributed by atoms with Gasteiger partial charge >= 0.3 is 12.1 Å². The number of benzene rings is 1. The van der Waals surface area contributed by atoms with Gasteiger partial charge in [0.2, 0.25) is 0 Å². The molecule has 1 amide bonds. The van der Waals surface area contributed by atoms with Crippen molar-refractivity contribution >= 4 is 23.5 Å². The Balaban J connectivity index is 3.04. The fourth-order valence-electron chi connectivity index (χ4n) is 1.48. The van der Waals surface area contributed by atoms with Crippen LogP contribution >= 0.6 is 0 Å². The third-order valence-corrected chi connectivity index (χ3v) is 2.29. The smallest absolute Gasteiger partial charge is 0.412 e. The number of carboxylic acid groups (broad SMARTS) is 1. The molecule has 0 spiro atoms. The third kappa shape index (κ3) is 4.79. The summed E-state index contributed by atoms with van der Waals surface area (Å²) in [6, 6.07) is 3.91. The molecule has 0 radical (unpaired) electrons. The minimum atomic E-state index is -1.58. The molecule has 1 aromatic carbocycles. The first-order chi connectivity index (χ1) is 9.64. The topological polar surface area (TPSA) is 102 Å². The first-order valence-electron chi connectivity index (χ1n) is 6.09. The minimum absolute atomic E-state index is 0.0747. The Kier molecular flexibility index (Phi) is 4.91. The van der Waals surface area contributed by atoms with Crippen molar-refractivity contribution in [2.75, 3.05) is 12.4 Å². The van der Waals surface area contributed by atoms with Gasteiger partial charge in [0, 0.05) is 5.56 Å². The fraction of sp³-hybridized carbons (Fsp3) is 0.357. The van der Waals surface area contributed by atoms with Gasteiger partial charge in [-0.25, -0.2) is 9.59 Å². The third-order valence-electron chi connectivity index (χ3n) is 2.29. The average molecular weight is 295 g/mol. The van der Waals surface area contributed by atoms with E-state index in [9.17, 15) is 14.4 Å². The SMILES string of the molecule is COc1ccc(C(=O)C(=O)O)cc1NC(=O)OC(C)(C)C. The number of anilines is 1. The van der Waals surface area contributed by atoms with Gasteiger partial charge in [0.15, 0.2) is 0 Å². The summed E-state index contributed by atoms with van der Waals surface area (Å²) in [7, 11) is 1.38. The van der Waals surface area contributed by atoms with Gasteiger partial charge in [-0.2, -0.15) is 0 Å². The molecular weight excluding hydrogens is 278 g/mol. The lowest BCUT2D eigenvalue weighted by molar-refractivity contribution is -0.131. The molecule has 7 heteroatoms. The molecule has 0 aliphatic carbocycles. The molecule has 7 nitrogen and oxygen atoms in total. The van der Waals surface area contributed by atoms with Gasteiger partial charge in [0.25, 0.3) is 5.78 Å². The second-order valence-electron chi connectivity index (χ2n) is 5.18. The van der Waals surface area contributed by atoms with Crippen LogP contribution < -0.4 is 10.1 Å². The Morgan fingerprint density at radius 3 is 2.29 bits per heavy atom. The number of carbonyl (C=O) groups is 3. The Labute approximate surface area is 121 Å². The van der Waals surface area contributed by atoms with E-state index in [0.717, 1.165) is 0 Å². The molecular formula is C14H17NO6. The maximum Gasteiger partial charge on any atom is 0.412 e. The van der Waals surface area contributed by atoms with E-state index < -0.39 is 23.4 Å². The van der Waals surface area contributed by atoms with Gasteiger partial charge in [0.05, 0.1) is 12.8 Å². The number of ether oxygens (including phenoxy) is 2. The first kappa shape index (κ1) is 16.5. The lowest BCUT2D eigenvalue weighted by Crippen LogP contribution is -2.27. The molecule has 0 saturated carbocycles. The van der Waals surface area contributed by atoms with Crippen molar-refractivity contribution in [3.8, 4) is 5.75 Å². The molecule has 0 unspecified atom stereocenters. The number of carboxylic acids is 1. The summed E-state index contributed by atoms with van der Waals surface area (Å²) in [6.45, 7) is 5.11. The molecule has 0 bridgehead atoms. The summed E-state index contributed by atoms with van der Waals surface area (Å²) >= 11 is 0. The molecule has 0 aliphatic rings. The highest BCUT2D eigenvalue weighted by Crippen LogP contribution is 2.26. The molecule has 114 valence electrons. The van der Waals surface area contributed by atoms with Crippen LogP contribution in [0.25, 0.3) is 0 Å². The number of Topliss-reactive ketones (excluding diaryl/α,β-unsaturated/α-hetero) is 1. The van der Waals surface area contributed by atoms with Crippen LogP contribution in [0.1, 0.15) is 31.1 Å². The molecule has 0 heterocycles. The number of nitrogens with one attached hydrogen (secondary N) is 1. The highest BCUT2D eigenvalue weighted by Gasteiger charge is 2.20. The van der Waals surface area contributed by atoms with E-state index in [2.05, 4.69) is 5.32 Å². The van der Waals surface area contributed by atoms with Gasteiger partial charge in [-0.1, -0.05) is 0 Å². The lowest BCUT2D eigenvalue weighted by Gasteiger charge is -2.20. The number of amides is 1. The number of aliphatic carboxylic acids is 1. The van der Waals surface area contributed by atoms with Crippen LogP contribution in [-0.4, -0.2) is 35.7 Å². The van der Waals surface area contributed by atoms with Gasteiger partial charge in [-0.3, -0.25) is 10.1 Å². The predicted octanol–water partition coefficient (Wildman–Crippen LogP) is 2.31. The summed E-state index contributed by atoms with van der Waals surface area (Å²) in [5.74, 6) is -2.38. The van der Waals surface area contributed by atoms with Crippen LogP contribution in [0.2, 0.25) is 0 Å². The quantitative estimate of drug-likeness (QED) is 0.652. The van der Waals surface area contributed by atoms with Crippen molar-refractivity contribution in [2.24, 2.45) is 0 Å². The van der Waals surface area contributed by atoms with E-state index in [0.29, 0.717) is 0 Å². The molecule has 0 saturated heterocycles. The Morgan fingerprint density at radius 1 is 1.19 bits per heavy atom. The van der Waals surface area contributed by atoms with Crippen LogP contribution in [0.15, 0.2) is 18.2 Å².